The van der Waals surface area contributed by atoms with E-state index in [1.165, 1.54) is 135 Å². The zero-order valence-electron chi connectivity index (χ0n) is 29.3. The summed E-state index contributed by atoms with van der Waals surface area (Å²) in [7, 11) is -1.08. The van der Waals surface area contributed by atoms with E-state index < -0.39 is 8.80 Å². The molecule has 0 bridgehead atoms. The Kier molecular flexibility index (Phi) is 15.8. The van der Waals surface area contributed by atoms with Crippen LogP contribution in [0.15, 0.2) is 30.3 Å². The summed E-state index contributed by atoms with van der Waals surface area (Å²) in [5.41, 5.74) is 4.80. The van der Waals surface area contributed by atoms with Gasteiger partial charge in [-0.2, -0.15) is 8.75 Å². The summed E-state index contributed by atoms with van der Waals surface area (Å²) in [6, 6.07) is 15.1. The van der Waals surface area contributed by atoms with Gasteiger partial charge in [-0.3, -0.25) is 0 Å². The fraction of sp³-hybridized carbons (Fsp3) is 0.641. The first-order chi connectivity index (χ1) is 22.1. The van der Waals surface area contributed by atoms with Gasteiger partial charge >= 0.3 is 0 Å². The second kappa shape index (κ2) is 19.5. The van der Waals surface area contributed by atoms with Gasteiger partial charge < -0.3 is 0 Å². The van der Waals surface area contributed by atoms with Crippen molar-refractivity contribution in [3.8, 4) is 20.2 Å². The number of aromatic nitrogens is 2. The first-order valence-corrected chi connectivity index (χ1v) is 23.1. The molecule has 0 saturated heterocycles. The summed E-state index contributed by atoms with van der Waals surface area (Å²) in [5.74, 6) is 1.19. The molecule has 0 amide bonds. The van der Waals surface area contributed by atoms with Crippen molar-refractivity contribution in [1.29, 1.82) is 0 Å². The SMILES string of the molecule is CCCCCCCC[SiH](CCCCCCCC)c1cc(C(CC)CC)sc1-c1ccc(-c2ccc([C@@H](C)CC)c3nsnc23)s1. The summed E-state index contributed by atoms with van der Waals surface area (Å²) in [5, 5.41) is 1.80. The lowest BCUT2D eigenvalue weighted by Gasteiger charge is -2.17. The number of nitrogens with zero attached hydrogens (tertiary/aromatic N) is 2. The Bertz CT molecular complexity index is 1380. The van der Waals surface area contributed by atoms with Gasteiger partial charge in [0.25, 0.3) is 0 Å². The number of rotatable bonds is 22. The maximum absolute atomic E-state index is 4.82. The van der Waals surface area contributed by atoms with Gasteiger partial charge in [0.1, 0.15) is 11.0 Å². The van der Waals surface area contributed by atoms with Crippen LogP contribution in [0.2, 0.25) is 12.1 Å². The van der Waals surface area contributed by atoms with Crippen LogP contribution in [-0.2, 0) is 0 Å². The second-order valence-electron chi connectivity index (χ2n) is 13.4. The number of unbranched alkanes of at least 4 members (excludes halogenated alkanes) is 10. The number of hydrogen-bond acceptors (Lipinski definition) is 5. The molecule has 45 heavy (non-hydrogen) atoms. The first kappa shape index (κ1) is 36.5. The molecule has 3 heterocycles. The van der Waals surface area contributed by atoms with Crippen molar-refractivity contribution in [2.45, 2.75) is 162 Å². The third kappa shape index (κ3) is 9.84. The summed E-state index contributed by atoms with van der Waals surface area (Å²) in [6.07, 6.45) is 20.5. The van der Waals surface area contributed by atoms with Crippen LogP contribution in [0.4, 0.5) is 0 Å². The van der Waals surface area contributed by atoms with Gasteiger partial charge in [0.2, 0.25) is 0 Å². The van der Waals surface area contributed by atoms with Gasteiger partial charge in [-0.25, -0.2) is 0 Å². The highest BCUT2D eigenvalue weighted by atomic mass is 32.1. The average molecular weight is 681 g/mol. The first-order valence-electron chi connectivity index (χ1n) is 18.5. The molecule has 4 aromatic rings. The number of thiophene rings is 2. The van der Waals surface area contributed by atoms with E-state index in [2.05, 4.69) is 83.2 Å². The maximum Gasteiger partial charge on any atom is 0.113 e. The zero-order valence-corrected chi connectivity index (χ0v) is 32.9. The van der Waals surface area contributed by atoms with E-state index in [4.69, 9.17) is 8.75 Å². The number of benzene rings is 1. The van der Waals surface area contributed by atoms with E-state index in [0.717, 1.165) is 17.5 Å². The molecule has 0 radical (unpaired) electrons. The Balaban J connectivity index is 1.65. The minimum absolute atomic E-state index is 0.502. The smallest absolute Gasteiger partial charge is 0.113 e. The van der Waals surface area contributed by atoms with Crippen LogP contribution >= 0.6 is 34.4 Å². The molecule has 3 aromatic heterocycles. The molecule has 2 nitrogen and oxygen atoms in total. The minimum Gasteiger partial charge on any atom is -0.173 e. The number of fused-ring (bicyclic) bond motifs is 1. The summed E-state index contributed by atoms with van der Waals surface area (Å²) < 4.78 is 9.58. The minimum atomic E-state index is -1.08. The van der Waals surface area contributed by atoms with Crippen molar-refractivity contribution >= 4 is 59.4 Å². The molecule has 0 aliphatic heterocycles. The van der Waals surface area contributed by atoms with Crippen molar-refractivity contribution in [2.75, 3.05) is 0 Å². The van der Waals surface area contributed by atoms with Crippen molar-refractivity contribution in [3.63, 3.8) is 0 Å². The summed E-state index contributed by atoms with van der Waals surface area (Å²) >= 11 is 5.50. The van der Waals surface area contributed by atoms with E-state index >= 15 is 0 Å². The van der Waals surface area contributed by atoms with Crippen LogP contribution in [0.25, 0.3) is 31.2 Å². The fourth-order valence-electron chi connectivity index (χ4n) is 6.92. The molecule has 0 saturated carbocycles. The van der Waals surface area contributed by atoms with Gasteiger partial charge in [-0.05, 0) is 60.0 Å². The molecule has 1 aromatic carbocycles. The van der Waals surface area contributed by atoms with Gasteiger partial charge in [0.05, 0.1) is 20.5 Å². The Morgan fingerprint density at radius 3 is 1.87 bits per heavy atom. The Labute approximate surface area is 289 Å². The molecular weight excluding hydrogens is 621 g/mol. The van der Waals surface area contributed by atoms with Crippen LogP contribution in [0.3, 0.4) is 0 Å². The Morgan fingerprint density at radius 1 is 0.644 bits per heavy atom. The lowest BCUT2D eigenvalue weighted by atomic mass is 9.95. The highest BCUT2D eigenvalue weighted by Crippen LogP contribution is 2.42. The van der Waals surface area contributed by atoms with Crippen LogP contribution in [0.1, 0.15) is 160 Å². The third-order valence-electron chi connectivity index (χ3n) is 10.1. The molecule has 0 N–H and O–H groups in total. The highest BCUT2D eigenvalue weighted by Gasteiger charge is 2.25. The number of hydrogen-bond donors (Lipinski definition) is 0. The highest BCUT2D eigenvalue weighted by molar-refractivity contribution is 7.25. The van der Waals surface area contributed by atoms with Crippen molar-refractivity contribution in [1.82, 2.24) is 8.75 Å². The quantitative estimate of drug-likeness (QED) is 0.0610. The average Bonchev–Trinajstić information content (AvgIpc) is 3.83. The molecule has 1 atom stereocenters. The third-order valence-corrected chi connectivity index (χ3v) is 17.0. The van der Waals surface area contributed by atoms with E-state index in [1.807, 2.05) is 11.3 Å². The topological polar surface area (TPSA) is 25.8 Å². The van der Waals surface area contributed by atoms with Gasteiger partial charge in [0, 0.05) is 25.1 Å². The van der Waals surface area contributed by atoms with Crippen LogP contribution in [-0.4, -0.2) is 17.5 Å². The lowest BCUT2D eigenvalue weighted by Crippen LogP contribution is -2.30. The second-order valence-corrected chi connectivity index (χ2v) is 19.3. The molecule has 0 aliphatic rings. The molecule has 4 rings (SSSR count). The molecule has 0 spiro atoms. The van der Waals surface area contributed by atoms with Gasteiger partial charge in [0.15, 0.2) is 0 Å². The standard InChI is InChI=1S/C39H60N2S3Si/c1-7-12-14-16-18-20-26-45(27-21-19-17-15-13-8-2)36-28-35(30(10-4)11-5)43-39(36)34-25-24-33(42-34)32-23-22-31(29(6)9-3)37-38(32)41-44-40-37/h22-25,28-30,45H,7-21,26-27H2,1-6H3/t29-/m0/s1. The Morgan fingerprint density at radius 2 is 1.24 bits per heavy atom. The molecule has 6 heteroatoms. The van der Waals surface area contributed by atoms with Crippen molar-refractivity contribution in [3.05, 3.63) is 40.8 Å². The van der Waals surface area contributed by atoms with Gasteiger partial charge in [-0.15, -0.1) is 22.7 Å². The monoisotopic (exact) mass is 680 g/mol. The largest absolute Gasteiger partial charge is 0.173 e. The van der Waals surface area contributed by atoms with Crippen LogP contribution in [0, 0.1) is 0 Å². The van der Waals surface area contributed by atoms with E-state index in [0.29, 0.717) is 11.8 Å². The zero-order chi connectivity index (χ0) is 32.0. The normalized spacial score (nSPS) is 12.7. The van der Waals surface area contributed by atoms with Crippen molar-refractivity contribution in [2.24, 2.45) is 0 Å². The summed E-state index contributed by atoms with van der Waals surface area (Å²) in [4.78, 5) is 6.08. The van der Waals surface area contributed by atoms with Gasteiger partial charge in [-0.1, -0.05) is 143 Å². The Hall–Kier alpha value is -1.34. The predicted octanol–water partition coefficient (Wildman–Crippen LogP) is 13.7. The van der Waals surface area contributed by atoms with Crippen molar-refractivity contribution < 1.29 is 0 Å². The van der Waals surface area contributed by atoms with Crippen LogP contribution in [0.5, 0.6) is 0 Å². The van der Waals surface area contributed by atoms with E-state index in [9.17, 15) is 0 Å². The molecule has 0 aliphatic carbocycles. The molecular formula is C39H60N2S3Si. The maximum atomic E-state index is 4.82. The predicted molar refractivity (Wildman–Crippen MR) is 209 cm³/mol. The molecule has 0 fully saturated rings. The lowest BCUT2D eigenvalue weighted by molar-refractivity contribution is 0.617. The molecule has 248 valence electrons. The van der Waals surface area contributed by atoms with Crippen LogP contribution < -0.4 is 5.19 Å². The van der Waals surface area contributed by atoms with E-state index in [-0.39, 0.29) is 0 Å². The molecule has 0 unspecified atom stereocenters. The fourth-order valence-corrected chi connectivity index (χ4v) is 14.3. The van der Waals surface area contributed by atoms with E-state index in [1.54, 1.807) is 14.9 Å². The summed E-state index contributed by atoms with van der Waals surface area (Å²) in [6.45, 7) is 14.0.